The van der Waals surface area contributed by atoms with Crippen LogP contribution in [-0.4, -0.2) is 28.5 Å². The van der Waals surface area contributed by atoms with Gasteiger partial charge in [0.15, 0.2) is 0 Å². The van der Waals surface area contributed by atoms with Crippen molar-refractivity contribution >= 4 is 23.1 Å². The first-order chi connectivity index (χ1) is 12.9. The summed E-state index contributed by atoms with van der Waals surface area (Å²) in [6.45, 7) is 0.247. The maximum atomic E-state index is 14.4. The smallest absolute Gasteiger partial charge is 0.240 e. The Morgan fingerprint density at radius 3 is 2.74 bits per heavy atom. The molecule has 0 saturated heterocycles. The minimum atomic E-state index is -0.554. The lowest BCUT2D eigenvalue weighted by Crippen LogP contribution is -2.45. The van der Waals surface area contributed by atoms with Crippen LogP contribution in [0.5, 0.6) is 5.75 Å². The molecule has 0 radical (unpaired) electrons. The number of hydrogen-bond acceptors (Lipinski definition) is 3. The van der Waals surface area contributed by atoms with Crippen LogP contribution in [-0.2, 0) is 4.79 Å². The first-order valence-electron chi connectivity index (χ1n) is 8.95. The standard InChI is InChI=1S/C21H20ClFN2O2/c22-15-6-7-18(23)17(10-15)14-9-19(13-2-1-3-16(26)8-13)25(11-14)21(27)20(24)12-4-5-12/h1-3,6-10,12,19-20,26H,4-5,11,24H2/t19?,20-/m0/s1. The van der Waals surface area contributed by atoms with Gasteiger partial charge in [-0.2, -0.15) is 0 Å². The summed E-state index contributed by atoms with van der Waals surface area (Å²) in [7, 11) is 0. The molecule has 1 unspecified atom stereocenters. The van der Waals surface area contributed by atoms with Crippen molar-refractivity contribution in [1.29, 1.82) is 0 Å². The van der Waals surface area contributed by atoms with E-state index in [0.717, 1.165) is 18.4 Å². The summed E-state index contributed by atoms with van der Waals surface area (Å²) in [5.74, 6) is -0.211. The first-order valence-corrected chi connectivity index (χ1v) is 9.33. The molecule has 0 spiro atoms. The van der Waals surface area contributed by atoms with Gasteiger partial charge < -0.3 is 15.7 Å². The molecule has 3 N–H and O–H groups in total. The van der Waals surface area contributed by atoms with Crippen LogP contribution in [0.2, 0.25) is 5.02 Å². The summed E-state index contributed by atoms with van der Waals surface area (Å²) in [6.07, 6.45) is 3.77. The molecule has 0 bridgehead atoms. The zero-order chi connectivity index (χ0) is 19.1. The lowest BCUT2D eigenvalue weighted by molar-refractivity contribution is -0.133. The topological polar surface area (TPSA) is 66.6 Å². The number of amides is 1. The van der Waals surface area contributed by atoms with E-state index in [-0.39, 0.29) is 29.9 Å². The Kier molecular flexibility index (Phi) is 4.66. The molecule has 1 saturated carbocycles. The molecule has 1 heterocycles. The van der Waals surface area contributed by atoms with Crippen molar-refractivity contribution in [2.24, 2.45) is 11.7 Å². The van der Waals surface area contributed by atoms with Crippen LogP contribution in [0.3, 0.4) is 0 Å². The fraction of sp³-hybridized carbons (Fsp3) is 0.286. The number of nitrogens with zero attached hydrogens (tertiary/aromatic N) is 1. The molecular weight excluding hydrogens is 367 g/mol. The van der Waals surface area contributed by atoms with Gasteiger partial charge in [0.25, 0.3) is 0 Å². The van der Waals surface area contributed by atoms with Crippen molar-refractivity contribution in [3.63, 3.8) is 0 Å². The SMILES string of the molecule is N[C@H](C(=O)N1CC(c2cc(Cl)ccc2F)=CC1c1cccc(O)c1)C1CC1. The van der Waals surface area contributed by atoms with E-state index in [9.17, 15) is 14.3 Å². The van der Waals surface area contributed by atoms with Crippen LogP contribution < -0.4 is 5.73 Å². The zero-order valence-corrected chi connectivity index (χ0v) is 15.4. The Balaban J connectivity index is 1.73. The predicted molar refractivity (Wildman–Crippen MR) is 103 cm³/mol. The molecule has 4 rings (SSSR count). The minimum absolute atomic E-state index is 0.113. The molecule has 2 atom stereocenters. The molecule has 140 valence electrons. The van der Waals surface area contributed by atoms with Crippen molar-refractivity contribution in [1.82, 2.24) is 4.90 Å². The van der Waals surface area contributed by atoms with Crippen molar-refractivity contribution in [3.8, 4) is 5.75 Å². The van der Waals surface area contributed by atoms with Crippen LogP contribution in [0, 0.1) is 11.7 Å². The van der Waals surface area contributed by atoms with Crippen LogP contribution in [0.4, 0.5) is 4.39 Å². The molecule has 27 heavy (non-hydrogen) atoms. The van der Waals surface area contributed by atoms with Gasteiger partial charge in [-0.25, -0.2) is 4.39 Å². The maximum absolute atomic E-state index is 14.4. The van der Waals surface area contributed by atoms with Crippen LogP contribution >= 0.6 is 11.6 Å². The number of nitrogens with two attached hydrogens (primary N) is 1. The highest BCUT2D eigenvalue weighted by atomic mass is 35.5. The van der Waals surface area contributed by atoms with E-state index >= 15 is 0 Å². The Morgan fingerprint density at radius 2 is 2.04 bits per heavy atom. The van der Waals surface area contributed by atoms with E-state index in [4.69, 9.17) is 17.3 Å². The monoisotopic (exact) mass is 386 g/mol. The number of halogens is 2. The molecular formula is C21H20ClFN2O2. The number of aromatic hydroxyl groups is 1. The van der Waals surface area contributed by atoms with Gasteiger partial charge in [0.05, 0.1) is 12.1 Å². The highest BCUT2D eigenvalue weighted by molar-refractivity contribution is 6.30. The maximum Gasteiger partial charge on any atom is 0.240 e. The van der Waals surface area contributed by atoms with Crippen LogP contribution in [0.25, 0.3) is 5.57 Å². The molecule has 6 heteroatoms. The largest absolute Gasteiger partial charge is 0.508 e. The van der Waals surface area contributed by atoms with Gasteiger partial charge in [0, 0.05) is 17.1 Å². The van der Waals surface area contributed by atoms with Crippen molar-refractivity contribution in [2.45, 2.75) is 24.9 Å². The number of rotatable bonds is 4. The lowest BCUT2D eigenvalue weighted by atomic mass is 10.0. The van der Waals surface area contributed by atoms with E-state index in [0.29, 0.717) is 16.2 Å². The van der Waals surface area contributed by atoms with Gasteiger partial charge in [0.1, 0.15) is 11.6 Å². The van der Waals surface area contributed by atoms with Crippen LogP contribution in [0.15, 0.2) is 48.5 Å². The predicted octanol–water partition coefficient (Wildman–Crippen LogP) is 3.89. The fourth-order valence-electron chi connectivity index (χ4n) is 3.58. The first kappa shape index (κ1) is 18.0. The highest BCUT2D eigenvalue weighted by Crippen LogP contribution is 2.39. The molecule has 1 aliphatic heterocycles. The van der Waals surface area contributed by atoms with E-state index in [2.05, 4.69) is 0 Å². The number of hydrogen-bond donors (Lipinski definition) is 2. The summed E-state index contributed by atoms with van der Waals surface area (Å²) in [6, 6.07) is 10.2. The fourth-order valence-corrected chi connectivity index (χ4v) is 3.75. The van der Waals surface area contributed by atoms with E-state index in [1.807, 2.05) is 12.1 Å². The van der Waals surface area contributed by atoms with Crippen molar-refractivity contribution in [3.05, 3.63) is 70.5 Å². The summed E-state index contributed by atoms with van der Waals surface area (Å²) >= 11 is 6.04. The Labute approximate surface area is 162 Å². The van der Waals surface area contributed by atoms with Crippen LogP contribution in [0.1, 0.15) is 30.0 Å². The van der Waals surface area contributed by atoms with Crippen molar-refractivity contribution in [2.75, 3.05) is 6.54 Å². The van der Waals surface area contributed by atoms with E-state index < -0.39 is 12.1 Å². The third-order valence-corrected chi connectivity index (χ3v) is 5.45. The Morgan fingerprint density at radius 1 is 1.26 bits per heavy atom. The summed E-state index contributed by atoms with van der Waals surface area (Å²) in [4.78, 5) is 14.7. The molecule has 0 aromatic heterocycles. The van der Waals surface area contributed by atoms with Gasteiger partial charge in [-0.05, 0) is 60.2 Å². The summed E-state index contributed by atoms with van der Waals surface area (Å²) in [5.41, 5.74) is 7.96. The van der Waals surface area contributed by atoms with Gasteiger partial charge in [-0.1, -0.05) is 29.8 Å². The second-order valence-electron chi connectivity index (χ2n) is 7.19. The van der Waals surface area contributed by atoms with Gasteiger partial charge in [0.2, 0.25) is 5.91 Å². The number of carbonyl (C=O) groups excluding carboxylic acids is 1. The Hall–Kier alpha value is -2.37. The molecule has 2 aromatic rings. The van der Waals surface area contributed by atoms with E-state index in [1.165, 1.54) is 12.1 Å². The second-order valence-corrected chi connectivity index (χ2v) is 7.62. The third kappa shape index (κ3) is 3.57. The molecule has 2 aliphatic rings. The molecule has 2 aromatic carbocycles. The average molecular weight is 387 g/mol. The third-order valence-electron chi connectivity index (χ3n) is 5.22. The summed E-state index contributed by atoms with van der Waals surface area (Å²) < 4.78 is 14.4. The summed E-state index contributed by atoms with van der Waals surface area (Å²) in [5, 5.41) is 10.3. The van der Waals surface area contributed by atoms with Gasteiger partial charge >= 0.3 is 0 Å². The number of carbonyl (C=O) groups is 1. The number of phenols is 1. The minimum Gasteiger partial charge on any atom is -0.508 e. The number of benzene rings is 2. The highest BCUT2D eigenvalue weighted by Gasteiger charge is 2.40. The number of phenolic OH excluding ortho intramolecular Hbond substituents is 1. The van der Waals surface area contributed by atoms with Crippen molar-refractivity contribution < 1.29 is 14.3 Å². The van der Waals surface area contributed by atoms with E-state index in [1.54, 1.807) is 29.2 Å². The average Bonchev–Trinajstić information content (AvgIpc) is 3.41. The Bertz CT molecular complexity index is 926. The normalized spacial score (nSPS) is 20.5. The second kappa shape index (κ2) is 6.98. The molecule has 1 aliphatic carbocycles. The molecule has 1 amide bonds. The molecule has 4 nitrogen and oxygen atoms in total. The lowest BCUT2D eigenvalue weighted by Gasteiger charge is -2.28. The van der Waals surface area contributed by atoms with Gasteiger partial charge in [-0.3, -0.25) is 4.79 Å². The van der Waals surface area contributed by atoms with Gasteiger partial charge in [-0.15, -0.1) is 0 Å². The zero-order valence-electron chi connectivity index (χ0n) is 14.6. The molecule has 1 fully saturated rings. The quantitative estimate of drug-likeness (QED) is 0.837.